The van der Waals surface area contributed by atoms with Crippen LogP contribution in [0.3, 0.4) is 0 Å². The normalized spacial score (nSPS) is 21.2. The summed E-state index contributed by atoms with van der Waals surface area (Å²) in [5.74, 6) is 0.210. The van der Waals surface area contributed by atoms with Gasteiger partial charge in [0.05, 0.1) is 5.92 Å². The standard InChI is InChI=1S/C18H26N2O2/c1-3-4-10-20-13-14(2)16(18(20)22)11-17(21)19-12-15-8-6-5-7-9-15/h5-9,14,16H,3-4,10-13H2,1-2H3,(H,19,21)/t14-,16+/m0/s1. The molecule has 4 nitrogen and oxygen atoms in total. The smallest absolute Gasteiger partial charge is 0.226 e. The van der Waals surface area contributed by atoms with Gasteiger partial charge in [0.1, 0.15) is 0 Å². The summed E-state index contributed by atoms with van der Waals surface area (Å²) in [5, 5.41) is 2.92. The number of benzene rings is 1. The highest BCUT2D eigenvalue weighted by Crippen LogP contribution is 2.27. The van der Waals surface area contributed by atoms with Crippen LogP contribution in [-0.2, 0) is 16.1 Å². The van der Waals surface area contributed by atoms with Gasteiger partial charge < -0.3 is 10.2 Å². The van der Waals surface area contributed by atoms with Crippen LogP contribution in [0, 0.1) is 11.8 Å². The Kier molecular flexibility index (Phi) is 5.99. The molecule has 1 aromatic rings. The van der Waals surface area contributed by atoms with Crippen molar-refractivity contribution in [1.82, 2.24) is 10.2 Å². The summed E-state index contributed by atoms with van der Waals surface area (Å²) in [7, 11) is 0. The van der Waals surface area contributed by atoms with Crippen LogP contribution in [0.4, 0.5) is 0 Å². The summed E-state index contributed by atoms with van der Waals surface area (Å²) in [4.78, 5) is 26.4. The Hall–Kier alpha value is -1.84. The zero-order valence-electron chi connectivity index (χ0n) is 13.5. The van der Waals surface area contributed by atoms with Crippen molar-refractivity contribution >= 4 is 11.8 Å². The Morgan fingerprint density at radius 1 is 1.32 bits per heavy atom. The van der Waals surface area contributed by atoms with Gasteiger partial charge in [-0.15, -0.1) is 0 Å². The molecule has 0 unspecified atom stereocenters. The molecule has 120 valence electrons. The topological polar surface area (TPSA) is 49.4 Å². The molecule has 0 saturated carbocycles. The maximum Gasteiger partial charge on any atom is 0.226 e. The first-order chi connectivity index (χ1) is 10.6. The van der Waals surface area contributed by atoms with E-state index in [0.29, 0.717) is 13.0 Å². The molecule has 1 aromatic carbocycles. The van der Waals surface area contributed by atoms with Crippen molar-refractivity contribution in [2.45, 2.75) is 39.7 Å². The average molecular weight is 302 g/mol. The van der Waals surface area contributed by atoms with Gasteiger partial charge in [-0.25, -0.2) is 0 Å². The van der Waals surface area contributed by atoms with Crippen molar-refractivity contribution in [3.8, 4) is 0 Å². The number of carbonyl (C=O) groups is 2. The molecule has 1 fully saturated rings. The summed E-state index contributed by atoms with van der Waals surface area (Å²) >= 11 is 0. The second kappa shape index (κ2) is 7.97. The van der Waals surface area contributed by atoms with Crippen molar-refractivity contribution < 1.29 is 9.59 Å². The Balaban J connectivity index is 1.82. The summed E-state index contributed by atoms with van der Waals surface area (Å²) in [6, 6.07) is 9.83. The first-order valence-corrected chi connectivity index (χ1v) is 8.21. The number of hydrogen-bond donors (Lipinski definition) is 1. The van der Waals surface area contributed by atoms with Crippen LogP contribution in [0.25, 0.3) is 0 Å². The number of hydrogen-bond acceptors (Lipinski definition) is 2. The van der Waals surface area contributed by atoms with Crippen LogP contribution in [0.1, 0.15) is 38.7 Å². The minimum Gasteiger partial charge on any atom is -0.352 e. The third-order valence-electron chi connectivity index (χ3n) is 4.34. The molecule has 2 amide bonds. The first-order valence-electron chi connectivity index (χ1n) is 8.21. The Morgan fingerprint density at radius 3 is 2.73 bits per heavy atom. The average Bonchev–Trinajstić information content (AvgIpc) is 2.79. The van der Waals surface area contributed by atoms with Crippen LogP contribution < -0.4 is 5.32 Å². The second-order valence-electron chi connectivity index (χ2n) is 6.19. The molecule has 1 heterocycles. The van der Waals surface area contributed by atoms with Gasteiger partial charge in [0.15, 0.2) is 0 Å². The molecule has 2 atom stereocenters. The van der Waals surface area contributed by atoms with Crippen molar-refractivity contribution in [2.75, 3.05) is 13.1 Å². The Morgan fingerprint density at radius 2 is 2.05 bits per heavy atom. The number of nitrogens with one attached hydrogen (secondary N) is 1. The van der Waals surface area contributed by atoms with Gasteiger partial charge in [-0.05, 0) is 17.9 Å². The van der Waals surface area contributed by atoms with E-state index in [1.807, 2.05) is 35.2 Å². The lowest BCUT2D eigenvalue weighted by Crippen LogP contribution is -2.31. The van der Waals surface area contributed by atoms with Crippen LogP contribution in [0.2, 0.25) is 0 Å². The SMILES string of the molecule is CCCCN1C[C@H](C)[C@@H](CC(=O)NCc2ccccc2)C1=O. The van der Waals surface area contributed by atoms with Gasteiger partial charge in [0, 0.05) is 26.1 Å². The summed E-state index contributed by atoms with van der Waals surface area (Å²) in [6.45, 7) is 6.32. The molecule has 22 heavy (non-hydrogen) atoms. The highest BCUT2D eigenvalue weighted by atomic mass is 16.2. The number of likely N-dealkylation sites (tertiary alicyclic amines) is 1. The highest BCUT2D eigenvalue weighted by Gasteiger charge is 2.38. The molecular weight excluding hydrogens is 276 g/mol. The molecule has 0 bridgehead atoms. The molecule has 0 aliphatic carbocycles. The molecule has 0 aromatic heterocycles. The van der Waals surface area contributed by atoms with E-state index >= 15 is 0 Å². The predicted octanol–water partition coefficient (Wildman–Crippen LogP) is 2.59. The van der Waals surface area contributed by atoms with E-state index in [1.165, 1.54) is 0 Å². The van der Waals surface area contributed by atoms with Gasteiger partial charge in [-0.1, -0.05) is 50.6 Å². The molecule has 2 rings (SSSR count). The van der Waals surface area contributed by atoms with E-state index in [-0.39, 0.29) is 23.7 Å². The van der Waals surface area contributed by atoms with Gasteiger partial charge >= 0.3 is 0 Å². The minimum absolute atomic E-state index is 0.0357. The van der Waals surface area contributed by atoms with Crippen molar-refractivity contribution in [2.24, 2.45) is 11.8 Å². The van der Waals surface area contributed by atoms with E-state index in [9.17, 15) is 9.59 Å². The van der Waals surface area contributed by atoms with E-state index < -0.39 is 0 Å². The van der Waals surface area contributed by atoms with Crippen LogP contribution in [0.5, 0.6) is 0 Å². The Labute approximate surface area is 132 Å². The number of unbranched alkanes of at least 4 members (excludes halogenated alkanes) is 1. The third-order valence-corrected chi connectivity index (χ3v) is 4.34. The quantitative estimate of drug-likeness (QED) is 0.841. The predicted molar refractivity (Wildman–Crippen MR) is 87.0 cm³/mol. The molecule has 1 saturated heterocycles. The van der Waals surface area contributed by atoms with E-state index in [4.69, 9.17) is 0 Å². The number of amides is 2. The minimum atomic E-state index is -0.160. The van der Waals surface area contributed by atoms with Crippen molar-refractivity contribution in [3.63, 3.8) is 0 Å². The van der Waals surface area contributed by atoms with E-state index in [2.05, 4.69) is 19.2 Å². The molecule has 1 aliphatic heterocycles. The fourth-order valence-corrected chi connectivity index (χ4v) is 2.95. The highest BCUT2D eigenvalue weighted by molar-refractivity contribution is 5.87. The lowest BCUT2D eigenvalue weighted by atomic mass is 9.94. The molecule has 1 N–H and O–H groups in total. The maximum absolute atomic E-state index is 12.4. The van der Waals surface area contributed by atoms with E-state index in [1.54, 1.807) is 0 Å². The summed E-state index contributed by atoms with van der Waals surface area (Å²) in [6.07, 6.45) is 2.42. The van der Waals surface area contributed by atoms with Gasteiger partial charge in [-0.3, -0.25) is 9.59 Å². The van der Waals surface area contributed by atoms with Crippen molar-refractivity contribution in [1.29, 1.82) is 0 Å². The second-order valence-corrected chi connectivity index (χ2v) is 6.19. The molecule has 0 radical (unpaired) electrons. The van der Waals surface area contributed by atoms with Gasteiger partial charge in [0.2, 0.25) is 11.8 Å². The molecular formula is C18H26N2O2. The monoisotopic (exact) mass is 302 g/mol. The number of carbonyl (C=O) groups excluding carboxylic acids is 2. The largest absolute Gasteiger partial charge is 0.352 e. The fraction of sp³-hybridized carbons (Fsp3) is 0.556. The summed E-state index contributed by atoms with van der Waals surface area (Å²) in [5.41, 5.74) is 1.08. The first kappa shape index (κ1) is 16.5. The van der Waals surface area contributed by atoms with Crippen LogP contribution in [-0.4, -0.2) is 29.8 Å². The molecule has 1 aliphatic rings. The van der Waals surface area contributed by atoms with Crippen LogP contribution >= 0.6 is 0 Å². The molecule has 4 heteroatoms. The maximum atomic E-state index is 12.4. The van der Waals surface area contributed by atoms with E-state index in [0.717, 1.165) is 31.5 Å². The zero-order chi connectivity index (χ0) is 15.9. The molecule has 0 spiro atoms. The number of nitrogens with zero attached hydrogens (tertiary/aromatic N) is 1. The van der Waals surface area contributed by atoms with Crippen molar-refractivity contribution in [3.05, 3.63) is 35.9 Å². The summed E-state index contributed by atoms with van der Waals surface area (Å²) < 4.78 is 0. The lowest BCUT2D eigenvalue weighted by Gasteiger charge is -2.16. The Bertz CT molecular complexity index is 501. The van der Waals surface area contributed by atoms with Crippen LogP contribution in [0.15, 0.2) is 30.3 Å². The fourth-order valence-electron chi connectivity index (χ4n) is 2.95. The van der Waals surface area contributed by atoms with Gasteiger partial charge in [-0.2, -0.15) is 0 Å². The van der Waals surface area contributed by atoms with Gasteiger partial charge in [0.25, 0.3) is 0 Å². The zero-order valence-corrected chi connectivity index (χ0v) is 13.5. The lowest BCUT2D eigenvalue weighted by molar-refractivity contribution is -0.134. The third kappa shape index (κ3) is 4.33. The number of rotatable bonds is 7.